The zero-order chi connectivity index (χ0) is 11.2. The van der Waals surface area contributed by atoms with Gasteiger partial charge in [-0.2, -0.15) is 10.9 Å². The third kappa shape index (κ3) is 2.77. The van der Waals surface area contributed by atoms with Crippen molar-refractivity contribution in [2.75, 3.05) is 13.6 Å². The van der Waals surface area contributed by atoms with Crippen molar-refractivity contribution in [1.29, 1.82) is 0 Å². The molecule has 1 aliphatic rings. The van der Waals surface area contributed by atoms with Crippen LogP contribution in [-0.2, 0) is 0 Å². The van der Waals surface area contributed by atoms with Crippen LogP contribution in [-0.4, -0.2) is 13.6 Å². The molecule has 1 aliphatic heterocycles. The minimum atomic E-state index is -0.195. The van der Waals surface area contributed by atoms with Crippen molar-refractivity contribution in [3.8, 4) is 0 Å². The second-order valence-electron chi connectivity index (χ2n) is 3.75. The quantitative estimate of drug-likeness (QED) is 0.586. The van der Waals surface area contributed by atoms with Crippen LogP contribution in [0.3, 0.4) is 0 Å². The lowest BCUT2D eigenvalue weighted by Crippen LogP contribution is -2.07. The Morgan fingerprint density at radius 1 is 1.19 bits per heavy atom. The molecule has 0 bridgehead atoms. The molecule has 0 spiro atoms. The Kier molecular flexibility index (Phi) is 4.25. The van der Waals surface area contributed by atoms with Crippen LogP contribution < -0.4 is 5.32 Å². The van der Waals surface area contributed by atoms with Crippen LogP contribution in [0, 0.1) is 6.42 Å². The van der Waals surface area contributed by atoms with E-state index >= 15 is 0 Å². The largest absolute Gasteiger partial charge is 0.320 e. The average Bonchev–Trinajstić information content (AvgIpc) is 2.83. The van der Waals surface area contributed by atoms with Gasteiger partial charge >= 0.3 is 0 Å². The Labute approximate surface area is 101 Å². The standard InChI is InChI=1S/C14H18NS/c1-15-10-6-8-13-7-2-3-9-14(13)16-11-4-5-12-16/h2-5,7-9,11-12,15-16H,6,10H2,1H3. The Morgan fingerprint density at radius 3 is 2.69 bits per heavy atom. The number of allylic oxidation sites excluding steroid dienone is 2. The number of benzene rings is 1. The van der Waals surface area contributed by atoms with Crippen LogP contribution in [0.15, 0.2) is 52.1 Å². The monoisotopic (exact) mass is 232 g/mol. The summed E-state index contributed by atoms with van der Waals surface area (Å²) < 4.78 is 0. The summed E-state index contributed by atoms with van der Waals surface area (Å²) in [6.45, 7) is 1.04. The van der Waals surface area contributed by atoms with E-state index in [4.69, 9.17) is 0 Å². The van der Waals surface area contributed by atoms with E-state index in [1.54, 1.807) is 0 Å². The van der Waals surface area contributed by atoms with Gasteiger partial charge in [-0.1, -0.05) is 30.4 Å². The van der Waals surface area contributed by atoms with Gasteiger partial charge in [0, 0.05) is 0 Å². The molecule has 1 aromatic rings. The van der Waals surface area contributed by atoms with E-state index in [1.807, 2.05) is 7.05 Å². The highest BCUT2D eigenvalue weighted by atomic mass is 32.2. The Balaban J connectivity index is 2.10. The van der Waals surface area contributed by atoms with E-state index in [0.29, 0.717) is 0 Å². The summed E-state index contributed by atoms with van der Waals surface area (Å²) in [5.74, 6) is 0. The van der Waals surface area contributed by atoms with Gasteiger partial charge in [0.1, 0.15) is 0 Å². The van der Waals surface area contributed by atoms with Crippen molar-refractivity contribution in [3.63, 3.8) is 0 Å². The van der Waals surface area contributed by atoms with Gasteiger partial charge in [-0.15, -0.1) is 0 Å². The minimum absolute atomic E-state index is 0.195. The van der Waals surface area contributed by atoms with Crippen LogP contribution >= 0.6 is 10.9 Å². The Hall–Kier alpha value is -0.990. The van der Waals surface area contributed by atoms with Gasteiger partial charge < -0.3 is 5.32 Å². The number of thiol groups is 1. The predicted molar refractivity (Wildman–Crippen MR) is 73.9 cm³/mol. The summed E-state index contributed by atoms with van der Waals surface area (Å²) in [7, 11) is 1.80. The minimum Gasteiger partial charge on any atom is -0.320 e. The molecule has 0 aromatic heterocycles. The van der Waals surface area contributed by atoms with Gasteiger partial charge in [-0.3, -0.25) is 0 Å². The fourth-order valence-electron chi connectivity index (χ4n) is 1.76. The van der Waals surface area contributed by atoms with Crippen LogP contribution in [0.2, 0.25) is 0 Å². The summed E-state index contributed by atoms with van der Waals surface area (Å²) in [5, 5.41) is 7.78. The first-order valence-corrected chi connectivity index (χ1v) is 7.10. The van der Waals surface area contributed by atoms with Gasteiger partial charge in [-0.05, 0) is 53.8 Å². The first-order chi connectivity index (χ1) is 7.92. The fourth-order valence-corrected chi connectivity index (χ4v) is 3.47. The van der Waals surface area contributed by atoms with E-state index in [0.717, 1.165) is 13.0 Å². The maximum absolute atomic E-state index is 3.17. The Bertz CT molecular complexity index is 383. The highest BCUT2D eigenvalue weighted by molar-refractivity contribution is 8.22. The lowest BCUT2D eigenvalue weighted by Gasteiger charge is -2.15. The third-order valence-electron chi connectivity index (χ3n) is 2.58. The lowest BCUT2D eigenvalue weighted by molar-refractivity contribution is 0.786. The molecule has 2 heteroatoms. The number of rotatable bonds is 5. The molecule has 0 atom stereocenters. The van der Waals surface area contributed by atoms with Gasteiger partial charge in [-0.25, -0.2) is 0 Å². The zero-order valence-corrected chi connectivity index (χ0v) is 10.5. The molecule has 1 radical (unpaired) electrons. The SMILES string of the molecule is CNCC[CH]c1ccccc1[SH]1C=CC=C1. The van der Waals surface area contributed by atoms with Crippen LogP contribution in [0.4, 0.5) is 0 Å². The normalized spacial score (nSPS) is 15.9. The van der Waals surface area contributed by atoms with Crippen molar-refractivity contribution in [2.45, 2.75) is 11.3 Å². The third-order valence-corrected chi connectivity index (χ3v) is 4.53. The smallest absolute Gasteiger partial charge is 0.00200 e. The summed E-state index contributed by atoms with van der Waals surface area (Å²) in [6, 6.07) is 8.71. The van der Waals surface area contributed by atoms with Crippen molar-refractivity contribution >= 4 is 10.9 Å². The summed E-state index contributed by atoms with van der Waals surface area (Å²) in [6.07, 6.45) is 7.71. The van der Waals surface area contributed by atoms with Gasteiger partial charge in [0.25, 0.3) is 0 Å². The molecule has 0 amide bonds. The predicted octanol–water partition coefficient (Wildman–Crippen LogP) is 3.25. The highest BCUT2D eigenvalue weighted by Crippen LogP contribution is 2.44. The van der Waals surface area contributed by atoms with E-state index in [2.05, 4.69) is 59.0 Å². The molecule has 0 unspecified atom stereocenters. The summed E-state index contributed by atoms with van der Waals surface area (Å²) >= 11 is 0. The molecule has 0 saturated carbocycles. The highest BCUT2D eigenvalue weighted by Gasteiger charge is 2.07. The second kappa shape index (κ2) is 5.92. The van der Waals surface area contributed by atoms with E-state index < -0.39 is 0 Å². The van der Waals surface area contributed by atoms with E-state index in [-0.39, 0.29) is 10.9 Å². The molecule has 1 aromatic carbocycles. The molecule has 0 aliphatic carbocycles. The number of nitrogens with one attached hydrogen (secondary N) is 1. The molecule has 16 heavy (non-hydrogen) atoms. The number of hydrogen-bond donors (Lipinski definition) is 2. The summed E-state index contributed by atoms with van der Waals surface area (Å²) in [5.41, 5.74) is 1.39. The first kappa shape index (κ1) is 11.5. The molecule has 1 heterocycles. The second-order valence-corrected chi connectivity index (χ2v) is 5.64. The average molecular weight is 232 g/mol. The van der Waals surface area contributed by atoms with Gasteiger partial charge in [0.2, 0.25) is 0 Å². The molecule has 0 fully saturated rings. The maximum Gasteiger partial charge on any atom is -0.00200 e. The molecule has 1 nitrogen and oxygen atoms in total. The van der Waals surface area contributed by atoms with Gasteiger partial charge in [0.05, 0.1) is 0 Å². The lowest BCUT2D eigenvalue weighted by atomic mass is 10.1. The Morgan fingerprint density at radius 2 is 1.94 bits per heavy atom. The van der Waals surface area contributed by atoms with Crippen molar-refractivity contribution in [2.24, 2.45) is 0 Å². The maximum atomic E-state index is 3.17. The van der Waals surface area contributed by atoms with E-state index in [9.17, 15) is 0 Å². The molecule has 1 N–H and O–H groups in total. The molecule has 85 valence electrons. The topological polar surface area (TPSA) is 12.0 Å². The zero-order valence-electron chi connectivity index (χ0n) is 9.56. The number of hydrogen-bond acceptors (Lipinski definition) is 1. The van der Waals surface area contributed by atoms with Gasteiger partial charge in [0.15, 0.2) is 0 Å². The van der Waals surface area contributed by atoms with E-state index in [1.165, 1.54) is 10.5 Å². The molecular weight excluding hydrogens is 214 g/mol. The molecule has 0 saturated heterocycles. The molecule has 2 rings (SSSR count). The fraction of sp³-hybridized carbons (Fsp3) is 0.214. The first-order valence-electron chi connectivity index (χ1n) is 5.62. The summed E-state index contributed by atoms with van der Waals surface area (Å²) in [4.78, 5) is 1.47. The van der Waals surface area contributed by atoms with Crippen molar-refractivity contribution < 1.29 is 0 Å². The van der Waals surface area contributed by atoms with Crippen LogP contribution in [0.5, 0.6) is 0 Å². The van der Waals surface area contributed by atoms with Crippen molar-refractivity contribution in [1.82, 2.24) is 5.32 Å². The molecular formula is C14H18NS. The van der Waals surface area contributed by atoms with Crippen LogP contribution in [0.1, 0.15) is 12.0 Å². The van der Waals surface area contributed by atoms with Crippen molar-refractivity contribution in [3.05, 3.63) is 59.2 Å². The van der Waals surface area contributed by atoms with Crippen LogP contribution in [0.25, 0.3) is 0 Å².